The molecule has 0 radical (unpaired) electrons. The summed E-state index contributed by atoms with van der Waals surface area (Å²) < 4.78 is 0. The molecule has 0 spiro atoms. The molecule has 1 unspecified atom stereocenters. The van der Waals surface area contributed by atoms with E-state index in [1.54, 1.807) is 6.21 Å². The van der Waals surface area contributed by atoms with Crippen molar-refractivity contribution < 1.29 is 0 Å². The molecule has 4 nitrogen and oxygen atoms in total. The second-order valence-electron chi connectivity index (χ2n) is 5.89. The van der Waals surface area contributed by atoms with Crippen LogP contribution in [0.2, 0.25) is 0 Å². The van der Waals surface area contributed by atoms with Gasteiger partial charge in [0.1, 0.15) is 0 Å². The summed E-state index contributed by atoms with van der Waals surface area (Å²) in [4.78, 5) is 6.53. The van der Waals surface area contributed by atoms with Crippen molar-refractivity contribution in [3.8, 4) is 0 Å². The van der Waals surface area contributed by atoms with Gasteiger partial charge in [-0.25, -0.2) is 0 Å². The number of hydrogen-bond acceptors (Lipinski definition) is 2. The number of rotatable bonds is 3. The Labute approximate surface area is 134 Å². The van der Waals surface area contributed by atoms with Gasteiger partial charge in [0.2, 0.25) is 0 Å². The van der Waals surface area contributed by atoms with Crippen LogP contribution in [0.4, 0.5) is 0 Å². The summed E-state index contributed by atoms with van der Waals surface area (Å²) >= 11 is 0. The lowest BCUT2D eigenvalue weighted by atomic mass is 9.90. The van der Waals surface area contributed by atoms with Gasteiger partial charge >= 0.3 is 0 Å². The summed E-state index contributed by atoms with van der Waals surface area (Å²) in [6, 6.07) is 8.17. The van der Waals surface area contributed by atoms with E-state index in [-0.39, 0.29) is 0 Å². The lowest BCUT2D eigenvalue weighted by molar-refractivity contribution is 0.771. The van der Waals surface area contributed by atoms with Crippen LogP contribution in [0.1, 0.15) is 41.6 Å². The molecule has 0 amide bonds. The molecule has 2 aromatic heterocycles. The highest BCUT2D eigenvalue weighted by molar-refractivity contribution is 5.99. The van der Waals surface area contributed by atoms with E-state index in [0.29, 0.717) is 5.92 Å². The minimum absolute atomic E-state index is 0.514. The third-order valence-corrected chi connectivity index (χ3v) is 4.33. The second-order valence-corrected chi connectivity index (χ2v) is 5.89. The average Bonchev–Trinajstić information content (AvgIpc) is 3.17. The Balaban J connectivity index is 1.56. The zero-order valence-corrected chi connectivity index (χ0v) is 13.0. The largest absolute Gasteiger partial charge is 0.361 e. The first-order valence-electron chi connectivity index (χ1n) is 7.83. The van der Waals surface area contributed by atoms with E-state index in [9.17, 15) is 0 Å². The van der Waals surface area contributed by atoms with E-state index < -0.39 is 0 Å². The number of allylic oxidation sites excluding steroid dienone is 1. The topological polar surface area (TPSA) is 56.3 Å². The van der Waals surface area contributed by atoms with E-state index in [2.05, 4.69) is 51.4 Å². The van der Waals surface area contributed by atoms with Crippen molar-refractivity contribution in [2.24, 2.45) is 10.2 Å². The molecule has 114 valence electrons. The minimum Gasteiger partial charge on any atom is -0.361 e. The van der Waals surface area contributed by atoms with Crippen LogP contribution < -0.4 is 0 Å². The standard InChI is InChI=1S/C19H18N4/c1-13-5-4-8-18-19(13)15(10-21-18)12-23-22-11-14-9-20-17-7-3-2-6-16(14)17/h2-4,6-13,20-21H,5H2,1H3. The predicted octanol–water partition coefficient (Wildman–Crippen LogP) is 4.47. The van der Waals surface area contributed by atoms with Crippen molar-refractivity contribution in [3.63, 3.8) is 0 Å². The molecule has 2 heterocycles. The first-order chi connectivity index (χ1) is 11.3. The molecule has 0 saturated heterocycles. The van der Waals surface area contributed by atoms with Crippen LogP contribution >= 0.6 is 0 Å². The van der Waals surface area contributed by atoms with Crippen LogP contribution in [0, 0.1) is 0 Å². The third kappa shape index (κ3) is 2.52. The Hall–Kier alpha value is -2.88. The van der Waals surface area contributed by atoms with Gasteiger partial charge in [-0.1, -0.05) is 31.2 Å². The van der Waals surface area contributed by atoms with Gasteiger partial charge < -0.3 is 9.97 Å². The van der Waals surface area contributed by atoms with Gasteiger partial charge in [-0.3, -0.25) is 0 Å². The smallest absolute Gasteiger partial charge is 0.0589 e. The van der Waals surface area contributed by atoms with Gasteiger partial charge in [0.25, 0.3) is 0 Å². The van der Waals surface area contributed by atoms with E-state index >= 15 is 0 Å². The lowest BCUT2D eigenvalue weighted by Crippen LogP contribution is -2.00. The molecule has 0 aliphatic heterocycles. The van der Waals surface area contributed by atoms with E-state index in [1.165, 1.54) is 11.3 Å². The van der Waals surface area contributed by atoms with Crippen LogP contribution in [-0.2, 0) is 0 Å². The van der Waals surface area contributed by atoms with Crippen molar-refractivity contribution in [2.75, 3.05) is 0 Å². The molecule has 1 aliphatic rings. The zero-order valence-electron chi connectivity index (χ0n) is 13.0. The molecule has 0 saturated carbocycles. The van der Waals surface area contributed by atoms with Crippen molar-refractivity contribution in [2.45, 2.75) is 19.3 Å². The number of aromatic nitrogens is 2. The Bertz CT molecular complexity index is 924. The number of aromatic amines is 2. The van der Waals surface area contributed by atoms with Crippen molar-refractivity contribution in [1.29, 1.82) is 0 Å². The fourth-order valence-corrected chi connectivity index (χ4v) is 3.16. The average molecular weight is 302 g/mol. The van der Waals surface area contributed by atoms with Crippen molar-refractivity contribution >= 4 is 29.4 Å². The van der Waals surface area contributed by atoms with Crippen molar-refractivity contribution in [1.82, 2.24) is 9.97 Å². The molecule has 23 heavy (non-hydrogen) atoms. The summed E-state index contributed by atoms with van der Waals surface area (Å²) in [5.41, 5.74) is 5.79. The summed E-state index contributed by atoms with van der Waals surface area (Å²) in [7, 11) is 0. The number of nitrogens with zero attached hydrogens (tertiary/aromatic N) is 2. The molecule has 0 bridgehead atoms. The summed E-state index contributed by atoms with van der Waals surface area (Å²) in [6.07, 6.45) is 13.0. The fourth-order valence-electron chi connectivity index (χ4n) is 3.16. The fraction of sp³-hybridized carbons (Fsp3) is 0.158. The number of fused-ring (bicyclic) bond motifs is 2. The first kappa shape index (κ1) is 13.8. The second kappa shape index (κ2) is 5.72. The minimum atomic E-state index is 0.514. The van der Waals surface area contributed by atoms with Gasteiger partial charge in [0.15, 0.2) is 0 Å². The number of hydrogen-bond donors (Lipinski definition) is 2. The predicted molar refractivity (Wildman–Crippen MR) is 96.3 cm³/mol. The number of para-hydroxylation sites is 1. The Morgan fingerprint density at radius 1 is 1.04 bits per heavy atom. The van der Waals surface area contributed by atoms with Crippen LogP contribution in [-0.4, -0.2) is 22.4 Å². The van der Waals surface area contributed by atoms with Crippen LogP contribution in [0.5, 0.6) is 0 Å². The van der Waals surface area contributed by atoms with Gasteiger partial charge in [-0.15, -0.1) is 0 Å². The van der Waals surface area contributed by atoms with Crippen molar-refractivity contribution in [3.05, 3.63) is 65.1 Å². The molecule has 1 atom stereocenters. The Morgan fingerprint density at radius 2 is 1.83 bits per heavy atom. The van der Waals surface area contributed by atoms with Crippen LogP contribution in [0.3, 0.4) is 0 Å². The number of nitrogens with one attached hydrogen (secondary N) is 2. The molecule has 0 fully saturated rings. The zero-order chi connectivity index (χ0) is 15.6. The van der Waals surface area contributed by atoms with E-state index in [4.69, 9.17) is 0 Å². The Kier molecular flexibility index (Phi) is 3.42. The van der Waals surface area contributed by atoms with E-state index in [1.807, 2.05) is 30.7 Å². The van der Waals surface area contributed by atoms with Gasteiger partial charge in [0.05, 0.1) is 12.4 Å². The maximum atomic E-state index is 4.22. The summed E-state index contributed by atoms with van der Waals surface area (Å²) in [6.45, 7) is 2.24. The molecule has 2 N–H and O–H groups in total. The van der Waals surface area contributed by atoms with Gasteiger partial charge in [0, 0.05) is 40.1 Å². The maximum absolute atomic E-state index is 4.22. The van der Waals surface area contributed by atoms with Crippen LogP contribution in [0.25, 0.3) is 17.0 Å². The highest BCUT2D eigenvalue weighted by Crippen LogP contribution is 2.30. The quantitative estimate of drug-likeness (QED) is 0.530. The van der Waals surface area contributed by atoms with E-state index in [0.717, 1.165) is 28.5 Å². The van der Waals surface area contributed by atoms with Gasteiger partial charge in [-0.2, -0.15) is 10.2 Å². The first-order valence-corrected chi connectivity index (χ1v) is 7.83. The van der Waals surface area contributed by atoms with Gasteiger partial charge in [-0.05, 0) is 30.0 Å². The van der Waals surface area contributed by atoms with Crippen LogP contribution in [0.15, 0.2) is 52.9 Å². The highest BCUT2D eigenvalue weighted by atomic mass is 15.2. The Morgan fingerprint density at radius 3 is 2.74 bits per heavy atom. The summed E-state index contributed by atoms with van der Waals surface area (Å²) in [5.74, 6) is 0.514. The molecule has 4 rings (SSSR count). The molecule has 4 heteroatoms. The molecular formula is C19H18N4. The third-order valence-electron chi connectivity index (χ3n) is 4.33. The summed E-state index contributed by atoms with van der Waals surface area (Å²) in [5, 5.41) is 9.59. The highest BCUT2D eigenvalue weighted by Gasteiger charge is 2.17. The molecule has 1 aliphatic carbocycles. The lowest BCUT2D eigenvalue weighted by Gasteiger charge is -2.14. The molecular weight excluding hydrogens is 284 g/mol. The monoisotopic (exact) mass is 302 g/mol. The normalized spacial score (nSPS) is 17.5. The molecule has 3 aromatic rings. The molecule has 1 aromatic carbocycles. The number of H-pyrrole nitrogens is 2. The SMILES string of the molecule is CC1CC=Cc2[nH]cc(C=NN=Cc3c[nH]c4ccccc34)c21. The maximum Gasteiger partial charge on any atom is 0.0589 e. The number of benzene rings is 1.